The van der Waals surface area contributed by atoms with Gasteiger partial charge in [0.25, 0.3) is 0 Å². The average Bonchev–Trinajstić information content (AvgIpc) is 2.55. The summed E-state index contributed by atoms with van der Waals surface area (Å²) in [4.78, 5) is 22.8. The molecule has 0 atom stereocenters. The largest absolute Gasteiger partial charge is 0.478 e. The van der Waals surface area contributed by atoms with Crippen LogP contribution in [0.3, 0.4) is 0 Å². The second-order valence-electron chi connectivity index (χ2n) is 5.14. The van der Waals surface area contributed by atoms with E-state index >= 15 is 0 Å². The Balaban J connectivity index is 3.13. The van der Waals surface area contributed by atoms with Crippen molar-refractivity contribution in [3.05, 3.63) is 23.0 Å². The fraction of sp³-hybridized carbons (Fsp3) is 0.538. The number of carbonyl (C=O) groups excluding carboxylic acids is 1. The minimum absolute atomic E-state index is 0.0631. The summed E-state index contributed by atoms with van der Waals surface area (Å²) < 4.78 is 1.87. The lowest BCUT2D eigenvalue weighted by atomic mass is 9.92. The molecule has 0 spiro atoms. The van der Waals surface area contributed by atoms with Crippen molar-refractivity contribution < 1.29 is 14.7 Å². The van der Waals surface area contributed by atoms with Gasteiger partial charge in [0.2, 0.25) is 5.91 Å². The first-order chi connectivity index (χ1) is 8.20. The summed E-state index contributed by atoms with van der Waals surface area (Å²) in [6.07, 6.45) is 0. The average molecular weight is 252 g/mol. The van der Waals surface area contributed by atoms with Gasteiger partial charge in [-0.05, 0) is 33.8 Å². The van der Waals surface area contributed by atoms with Crippen molar-refractivity contribution in [3.63, 3.8) is 0 Å². The maximum atomic E-state index is 11.8. The molecule has 100 valence electrons. The van der Waals surface area contributed by atoms with Gasteiger partial charge in [0.1, 0.15) is 0 Å². The Hall–Kier alpha value is -1.78. The molecule has 1 heterocycles. The van der Waals surface area contributed by atoms with Crippen molar-refractivity contribution >= 4 is 11.9 Å². The van der Waals surface area contributed by atoms with Crippen LogP contribution in [0.4, 0.5) is 0 Å². The third-order valence-corrected chi connectivity index (χ3v) is 3.20. The predicted molar refractivity (Wildman–Crippen MR) is 68.7 cm³/mol. The fourth-order valence-corrected chi connectivity index (χ4v) is 2.07. The summed E-state index contributed by atoms with van der Waals surface area (Å²) >= 11 is 0. The molecule has 0 saturated carbocycles. The summed E-state index contributed by atoms with van der Waals surface area (Å²) in [6.45, 7) is 7.74. The van der Waals surface area contributed by atoms with Crippen LogP contribution in [0, 0.1) is 19.3 Å². The van der Waals surface area contributed by atoms with E-state index in [2.05, 4.69) is 5.32 Å². The molecule has 0 aliphatic rings. The highest BCUT2D eigenvalue weighted by Crippen LogP contribution is 2.23. The summed E-state index contributed by atoms with van der Waals surface area (Å²) in [6, 6.07) is 1.64. The van der Waals surface area contributed by atoms with Crippen LogP contribution < -0.4 is 5.32 Å². The van der Waals surface area contributed by atoms with Crippen molar-refractivity contribution in [3.8, 4) is 0 Å². The Morgan fingerprint density at radius 2 is 1.94 bits per heavy atom. The van der Waals surface area contributed by atoms with Crippen LogP contribution in [0.25, 0.3) is 0 Å². The molecule has 0 saturated heterocycles. The van der Waals surface area contributed by atoms with Crippen LogP contribution in [-0.2, 0) is 11.3 Å². The van der Waals surface area contributed by atoms with Crippen molar-refractivity contribution in [2.75, 3.05) is 7.05 Å². The molecule has 5 heteroatoms. The van der Waals surface area contributed by atoms with Crippen molar-refractivity contribution in [1.82, 2.24) is 9.88 Å². The normalized spacial score (nSPS) is 11.4. The Labute approximate surface area is 107 Å². The molecule has 1 aromatic rings. The third-order valence-electron chi connectivity index (χ3n) is 3.20. The first kappa shape index (κ1) is 14.3. The number of carbonyl (C=O) groups is 2. The van der Waals surface area contributed by atoms with E-state index in [4.69, 9.17) is 5.11 Å². The Kier molecular flexibility index (Phi) is 3.84. The van der Waals surface area contributed by atoms with E-state index in [9.17, 15) is 9.59 Å². The van der Waals surface area contributed by atoms with Gasteiger partial charge in [-0.1, -0.05) is 0 Å². The summed E-state index contributed by atoms with van der Waals surface area (Å²) in [7, 11) is 1.60. The van der Waals surface area contributed by atoms with Gasteiger partial charge in [0.05, 0.1) is 11.0 Å². The highest BCUT2D eigenvalue weighted by Gasteiger charge is 2.29. The molecule has 0 aliphatic heterocycles. The van der Waals surface area contributed by atoms with E-state index in [0.29, 0.717) is 17.8 Å². The van der Waals surface area contributed by atoms with Gasteiger partial charge in [-0.25, -0.2) is 4.79 Å². The van der Waals surface area contributed by atoms with E-state index in [-0.39, 0.29) is 5.91 Å². The number of aryl methyl sites for hydroxylation is 1. The smallest absolute Gasteiger partial charge is 0.337 e. The number of hydrogen-bond acceptors (Lipinski definition) is 2. The maximum Gasteiger partial charge on any atom is 0.337 e. The van der Waals surface area contributed by atoms with E-state index in [1.54, 1.807) is 20.0 Å². The highest BCUT2D eigenvalue weighted by atomic mass is 16.4. The summed E-state index contributed by atoms with van der Waals surface area (Å²) in [5, 5.41) is 11.7. The zero-order chi connectivity index (χ0) is 14.1. The van der Waals surface area contributed by atoms with Gasteiger partial charge in [0.15, 0.2) is 0 Å². The number of carboxylic acids is 1. The SMILES string of the molecule is CNC(=O)C(C)(C)Cn1c(C)cc(C(=O)O)c1C. The molecule has 1 aromatic heterocycles. The zero-order valence-electron chi connectivity index (χ0n) is 11.5. The monoisotopic (exact) mass is 252 g/mol. The molecule has 0 aromatic carbocycles. The fourth-order valence-electron chi connectivity index (χ4n) is 2.07. The van der Waals surface area contributed by atoms with Gasteiger partial charge in [-0.15, -0.1) is 0 Å². The molecular formula is C13H20N2O3. The molecule has 0 aliphatic carbocycles. The minimum Gasteiger partial charge on any atom is -0.478 e. The predicted octanol–water partition coefficient (Wildman–Crippen LogP) is 1.58. The minimum atomic E-state index is -0.938. The maximum absolute atomic E-state index is 11.8. The standard InChI is InChI=1S/C13H20N2O3/c1-8-6-10(11(16)17)9(2)15(8)7-13(3,4)12(18)14-5/h6H,7H2,1-5H3,(H,14,18)(H,16,17). The molecule has 2 N–H and O–H groups in total. The number of hydrogen-bond donors (Lipinski definition) is 2. The number of aromatic nitrogens is 1. The van der Waals surface area contributed by atoms with Crippen molar-refractivity contribution in [1.29, 1.82) is 0 Å². The van der Waals surface area contributed by atoms with Gasteiger partial charge in [-0.3, -0.25) is 4.79 Å². The number of aromatic carboxylic acids is 1. The van der Waals surface area contributed by atoms with E-state index < -0.39 is 11.4 Å². The highest BCUT2D eigenvalue weighted by molar-refractivity contribution is 5.89. The van der Waals surface area contributed by atoms with E-state index in [0.717, 1.165) is 5.69 Å². The van der Waals surface area contributed by atoms with Gasteiger partial charge < -0.3 is 15.0 Å². The molecule has 18 heavy (non-hydrogen) atoms. The van der Waals surface area contributed by atoms with Crippen molar-refractivity contribution in [2.45, 2.75) is 34.2 Å². The van der Waals surface area contributed by atoms with Gasteiger partial charge in [0, 0.05) is 25.0 Å². The lowest BCUT2D eigenvalue weighted by Gasteiger charge is -2.25. The van der Waals surface area contributed by atoms with Crippen LogP contribution in [-0.4, -0.2) is 28.6 Å². The third kappa shape index (κ3) is 2.55. The molecule has 0 radical (unpaired) electrons. The van der Waals surface area contributed by atoms with E-state index in [1.807, 2.05) is 25.3 Å². The number of carboxylic acid groups (broad SMARTS) is 1. The van der Waals surface area contributed by atoms with Gasteiger partial charge in [-0.2, -0.15) is 0 Å². The number of rotatable bonds is 4. The van der Waals surface area contributed by atoms with Crippen molar-refractivity contribution in [2.24, 2.45) is 5.41 Å². The second kappa shape index (κ2) is 4.84. The Morgan fingerprint density at radius 3 is 2.33 bits per heavy atom. The molecule has 1 rings (SSSR count). The number of amides is 1. The summed E-state index contributed by atoms with van der Waals surface area (Å²) in [5.74, 6) is -1.00. The van der Waals surface area contributed by atoms with Crippen LogP contribution in [0.5, 0.6) is 0 Å². The number of nitrogens with zero attached hydrogens (tertiary/aromatic N) is 1. The quantitative estimate of drug-likeness (QED) is 0.854. The van der Waals surface area contributed by atoms with Crippen LogP contribution in [0.2, 0.25) is 0 Å². The molecule has 0 unspecified atom stereocenters. The zero-order valence-corrected chi connectivity index (χ0v) is 11.5. The first-order valence-corrected chi connectivity index (χ1v) is 5.83. The van der Waals surface area contributed by atoms with Crippen LogP contribution >= 0.6 is 0 Å². The molecular weight excluding hydrogens is 232 g/mol. The Morgan fingerprint density at radius 1 is 1.39 bits per heavy atom. The number of nitrogens with one attached hydrogen (secondary N) is 1. The summed E-state index contributed by atoms with van der Waals surface area (Å²) in [5.41, 5.74) is 1.23. The second-order valence-corrected chi connectivity index (χ2v) is 5.14. The topological polar surface area (TPSA) is 71.3 Å². The Bertz CT molecular complexity index is 487. The molecule has 0 fully saturated rings. The molecule has 5 nitrogen and oxygen atoms in total. The van der Waals surface area contributed by atoms with Crippen LogP contribution in [0.1, 0.15) is 35.6 Å². The van der Waals surface area contributed by atoms with E-state index in [1.165, 1.54) is 0 Å². The van der Waals surface area contributed by atoms with Crippen LogP contribution in [0.15, 0.2) is 6.07 Å². The van der Waals surface area contributed by atoms with Gasteiger partial charge >= 0.3 is 5.97 Å². The lowest BCUT2D eigenvalue weighted by Crippen LogP contribution is -2.38. The lowest BCUT2D eigenvalue weighted by molar-refractivity contribution is -0.129. The molecule has 1 amide bonds. The first-order valence-electron chi connectivity index (χ1n) is 5.83. The molecule has 0 bridgehead atoms.